The number of amides is 1. The molecule has 1 aliphatic carbocycles. The molecule has 1 fully saturated rings. The van der Waals surface area contributed by atoms with Crippen molar-refractivity contribution in [3.8, 4) is 0 Å². The Balaban J connectivity index is 1.42. The van der Waals surface area contributed by atoms with Gasteiger partial charge in [0.2, 0.25) is 11.1 Å². The predicted molar refractivity (Wildman–Crippen MR) is 111 cm³/mol. The summed E-state index contributed by atoms with van der Waals surface area (Å²) in [4.78, 5) is 21.1. The van der Waals surface area contributed by atoms with E-state index in [1.807, 2.05) is 20.1 Å². The van der Waals surface area contributed by atoms with Crippen LogP contribution in [0, 0.1) is 13.8 Å². The van der Waals surface area contributed by atoms with Gasteiger partial charge in [-0.2, -0.15) is 4.98 Å². The van der Waals surface area contributed by atoms with Crippen LogP contribution in [0.4, 0.5) is 0 Å². The van der Waals surface area contributed by atoms with Gasteiger partial charge in [-0.1, -0.05) is 31.0 Å². The van der Waals surface area contributed by atoms with Gasteiger partial charge in [0.15, 0.2) is 0 Å². The highest BCUT2D eigenvalue weighted by atomic mass is 32.2. The number of carbonyl (C=O) groups excluding carboxylic acids is 1. The number of hydrogen-bond acceptors (Lipinski definition) is 6. The van der Waals surface area contributed by atoms with E-state index in [9.17, 15) is 4.79 Å². The van der Waals surface area contributed by atoms with Crippen LogP contribution in [0.5, 0.6) is 0 Å². The standard InChI is InChI=1S/C20H31N5O2S/c1-14-17(15(2)25-19(22-14)23-20(24-25)28-3)10-11-18(26)21-12-7-13-27-16-8-5-4-6-9-16/h16H,4-13H2,1-3H3,(H,21,26). The van der Waals surface area contributed by atoms with Crippen molar-refractivity contribution in [3.63, 3.8) is 0 Å². The molecule has 7 nitrogen and oxygen atoms in total. The van der Waals surface area contributed by atoms with Crippen LogP contribution in [-0.2, 0) is 16.0 Å². The van der Waals surface area contributed by atoms with Crippen molar-refractivity contribution >= 4 is 23.4 Å². The Morgan fingerprint density at radius 3 is 2.79 bits per heavy atom. The number of fused-ring (bicyclic) bond motifs is 1. The number of nitrogens with one attached hydrogen (secondary N) is 1. The first-order chi connectivity index (χ1) is 13.6. The molecule has 2 heterocycles. The van der Waals surface area contributed by atoms with Crippen LogP contribution >= 0.6 is 11.8 Å². The summed E-state index contributed by atoms with van der Waals surface area (Å²) < 4.78 is 7.67. The van der Waals surface area contributed by atoms with Gasteiger partial charge in [0.05, 0.1) is 6.10 Å². The Morgan fingerprint density at radius 2 is 2.04 bits per heavy atom. The Bertz CT molecular complexity index is 801. The number of thioether (sulfide) groups is 1. The number of rotatable bonds is 9. The van der Waals surface area contributed by atoms with Crippen LogP contribution in [0.25, 0.3) is 5.78 Å². The minimum absolute atomic E-state index is 0.0694. The Kier molecular flexibility index (Phi) is 7.67. The number of aryl methyl sites for hydroxylation is 2. The van der Waals surface area contributed by atoms with Gasteiger partial charge in [-0.15, -0.1) is 5.10 Å². The molecule has 1 saturated carbocycles. The Morgan fingerprint density at radius 1 is 1.25 bits per heavy atom. The Hall–Kier alpha value is -1.67. The van der Waals surface area contributed by atoms with Crippen molar-refractivity contribution in [2.75, 3.05) is 19.4 Å². The van der Waals surface area contributed by atoms with Crippen molar-refractivity contribution in [2.45, 2.75) is 76.5 Å². The first-order valence-electron chi connectivity index (χ1n) is 10.2. The molecule has 1 amide bonds. The van der Waals surface area contributed by atoms with E-state index in [-0.39, 0.29) is 5.91 Å². The highest BCUT2D eigenvalue weighted by Crippen LogP contribution is 2.20. The largest absolute Gasteiger partial charge is 0.378 e. The second-order valence-electron chi connectivity index (χ2n) is 7.41. The van der Waals surface area contributed by atoms with Crippen LogP contribution in [0.1, 0.15) is 61.9 Å². The fourth-order valence-electron chi connectivity index (χ4n) is 3.75. The van der Waals surface area contributed by atoms with E-state index in [0.29, 0.717) is 36.4 Å². The summed E-state index contributed by atoms with van der Waals surface area (Å²) in [5.74, 6) is 0.686. The number of nitrogens with zero attached hydrogens (tertiary/aromatic N) is 4. The van der Waals surface area contributed by atoms with Gasteiger partial charge in [0.25, 0.3) is 5.78 Å². The van der Waals surface area contributed by atoms with Gasteiger partial charge in [-0.05, 0) is 51.3 Å². The maximum atomic E-state index is 12.2. The van der Waals surface area contributed by atoms with Crippen LogP contribution in [0.2, 0.25) is 0 Å². The second kappa shape index (κ2) is 10.2. The third kappa shape index (κ3) is 5.44. The third-order valence-corrected chi connectivity index (χ3v) is 5.90. The van der Waals surface area contributed by atoms with E-state index in [2.05, 4.69) is 20.4 Å². The normalized spacial score (nSPS) is 15.2. The molecule has 28 heavy (non-hydrogen) atoms. The summed E-state index contributed by atoms with van der Waals surface area (Å²) in [7, 11) is 0. The highest BCUT2D eigenvalue weighted by Gasteiger charge is 2.15. The zero-order chi connectivity index (χ0) is 19.9. The fraction of sp³-hybridized carbons (Fsp3) is 0.700. The van der Waals surface area contributed by atoms with Gasteiger partial charge in [-0.25, -0.2) is 9.50 Å². The van der Waals surface area contributed by atoms with E-state index >= 15 is 0 Å². The van der Waals surface area contributed by atoms with Crippen LogP contribution in [-0.4, -0.2) is 51.0 Å². The number of ether oxygens (including phenoxy) is 1. The van der Waals surface area contributed by atoms with Gasteiger partial charge >= 0.3 is 0 Å². The summed E-state index contributed by atoms with van der Waals surface area (Å²) in [6, 6.07) is 0. The predicted octanol–water partition coefficient (Wildman–Crippen LogP) is 3.25. The van der Waals surface area contributed by atoms with E-state index in [0.717, 1.165) is 30.0 Å². The van der Waals surface area contributed by atoms with Gasteiger partial charge in [0, 0.05) is 31.0 Å². The van der Waals surface area contributed by atoms with Crippen LogP contribution in [0.15, 0.2) is 5.16 Å². The van der Waals surface area contributed by atoms with E-state index < -0.39 is 0 Å². The topological polar surface area (TPSA) is 81.4 Å². The molecule has 0 bridgehead atoms. The molecule has 1 aliphatic rings. The first-order valence-corrected chi connectivity index (χ1v) is 11.5. The lowest BCUT2D eigenvalue weighted by molar-refractivity contribution is -0.121. The zero-order valence-electron chi connectivity index (χ0n) is 17.2. The maximum Gasteiger partial charge on any atom is 0.253 e. The van der Waals surface area contributed by atoms with Crippen LogP contribution in [0.3, 0.4) is 0 Å². The van der Waals surface area contributed by atoms with E-state index in [4.69, 9.17) is 4.74 Å². The quantitative estimate of drug-likeness (QED) is 0.509. The van der Waals surface area contributed by atoms with Crippen molar-refractivity contribution in [1.29, 1.82) is 0 Å². The summed E-state index contributed by atoms with van der Waals surface area (Å²) in [5.41, 5.74) is 2.99. The molecule has 0 saturated heterocycles. The monoisotopic (exact) mass is 405 g/mol. The molecule has 3 rings (SSSR count). The van der Waals surface area contributed by atoms with Gasteiger partial charge in [0.1, 0.15) is 0 Å². The Labute approximate surface area is 171 Å². The molecule has 0 radical (unpaired) electrons. The summed E-state index contributed by atoms with van der Waals surface area (Å²) >= 11 is 1.50. The molecule has 0 spiro atoms. The van der Waals surface area contributed by atoms with Crippen molar-refractivity contribution < 1.29 is 9.53 Å². The molecule has 1 N–H and O–H groups in total. The molecule has 0 aromatic carbocycles. The van der Waals surface area contributed by atoms with Crippen molar-refractivity contribution in [1.82, 2.24) is 24.9 Å². The molecule has 0 unspecified atom stereocenters. The molecule has 2 aromatic rings. The number of carbonyl (C=O) groups is 1. The second-order valence-corrected chi connectivity index (χ2v) is 8.18. The number of hydrogen-bond donors (Lipinski definition) is 1. The summed E-state index contributed by atoms with van der Waals surface area (Å²) in [5, 5.41) is 8.17. The van der Waals surface area contributed by atoms with Gasteiger partial charge < -0.3 is 10.1 Å². The molecule has 8 heteroatoms. The smallest absolute Gasteiger partial charge is 0.253 e. The minimum atomic E-state index is 0.0694. The first kappa shape index (κ1) is 21.0. The SMILES string of the molecule is CSc1nc2nc(C)c(CCC(=O)NCCCOC3CCCCC3)c(C)n2n1. The average molecular weight is 406 g/mol. The molecule has 0 atom stereocenters. The molecular weight excluding hydrogens is 374 g/mol. The molecular formula is C20H31N5O2S. The fourth-order valence-corrected chi connectivity index (χ4v) is 4.08. The molecule has 2 aromatic heterocycles. The summed E-state index contributed by atoms with van der Waals surface area (Å²) in [6.07, 6.45) is 10.6. The van der Waals surface area contributed by atoms with Crippen LogP contribution < -0.4 is 5.32 Å². The molecule has 154 valence electrons. The average Bonchev–Trinajstić information content (AvgIpc) is 3.11. The zero-order valence-corrected chi connectivity index (χ0v) is 18.0. The number of aromatic nitrogens is 4. The van der Waals surface area contributed by atoms with E-state index in [1.165, 1.54) is 43.9 Å². The van der Waals surface area contributed by atoms with Gasteiger partial charge in [-0.3, -0.25) is 4.79 Å². The van der Waals surface area contributed by atoms with Crippen molar-refractivity contribution in [2.24, 2.45) is 0 Å². The maximum absolute atomic E-state index is 12.2. The van der Waals surface area contributed by atoms with E-state index in [1.54, 1.807) is 4.52 Å². The lowest BCUT2D eigenvalue weighted by Gasteiger charge is -2.21. The third-order valence-electron chi connectivity index (χ3n) is 5.36. The lowest BCUT2D eigenvalue weighted by atomic mass is 9.98. The lowest BCUT2D eigenvalue weighted by Crippen LogP contribution is -2.26. The minimum Gasteiger partial charge on any atom is -0.378 e. The summed E-state index contributed by atoms with van der Waals surface area (Å²) in [6.45, 7) is 5.38. The molecule has 0 aliphatic heterocycles. The van der Waals surface area contributed by atoms with Crippen molar-refractivity contribution in [3.05, 3.63) is 17.0 Å². The highest BCUT2D eigenvalue weighted by molar-refractivity contribution is 7.98.